The molecule has 0 atom stereocenters. The minimum absolute atomic E-state index is 0.0318. The fraction of sp³-hybridized carbons (Fsp3) is 0.0500. The Morgan fingerprint density at radius 2 is 1.93 bits per heavy atom. The molecule has 2 heterocycles. The Kier molecular flexibility index (Phi) is 5.23. The molecule has 0 spiro atoms. The average molecular weight is 445 g/mol. The summed E-state index contributed by atoms with van der Waals surface area (Å²) in [6.45, 7) is 0. The third kappa shape index (κ3) is 3.69. The van der Waals surface area contributed by atoms with Gasteiger partial charge in [-0.25, -0.2) is 9.78 Å². The van der Waals surface area contributed by atoms with Crippen molar-refractivity contribution in [1.82, 2.24) is 4.98 Å². The Labute approximate surface area is 178 Å². The standard InChI is InChI=1S/C20H13ClN2O4S2/c1-27-13-3-2-4-14-16(13)22-19(29-14)17(24)23-18-15(20(25)26)12(9-28-18)10-5-7-11(21)8-6-10/h2-9H,1H3,(H,23,24)(H,25,26). The van der Waals surface area contributed by atoms with Crippen molar-refractivity contribution in [3.05, 3.63) is 63.4 Å². The minimum atomic E-state index is -1.13. The molecule has 2 aromatic carbocycles. The summed E-state index contributed by atoms with van der Waals surface area (Å²) in [5.41, 5.74) is 1.84. The van der Waals surface area contributed by atoms with Gasteiger partial charge in [0.05, 0.1) is 11.8 Å². The molecule has 9 heteroatoms. The molecule has 1 amide bonds. The maximum atomic E-state index is 12.7. The van der Waals surface area contributed by atoms with E-state index in [2.05, 4.69) is 10.3 Å². The van der Waals surface area contributed by atoms with E-state index in [0.717, 1.165) is 16.0 Å². The molecule has 0 aliphatic heterocycles. The Morgan fingerprint density at radius 3 is 2.62 bits per heavy atom. The second-order valence-electron chi connectivity index (χ2n) is 5.95. The van der Waals surface area contributed by atoms with Gasteiger partial charge in [-0.2, -0.15) is 0 Å². The normalized spacial score (nSPS) is 10.8. The lowest BCUT2D eigenvalue weighted by Crippen LogP contribution is -2.13. The molecule has 0 unspecified atom stereocenters. The smallest absolute Gasteiger partial charge is 0.339 e. The molecule has 4 aromatic rings. The van der Waals surface area contributed by atoms with Gasteiger partial charge in [-0.1, -0.05) is 29.8 Å². The van der Waals surface area contributed by atoms with Gasteiger partial charge in [0, 0.05) is 16.0 Å². The van der Waals surface area contributed by atoms with Gasteiger partial charge in [0.2, 0.25) is 0 Å². The first kappa shape index (κ1) is 19.4. The lowest BCUT2D eigenvalue weighted by molar-refractivity contribution is 0.0699. The number of aromatic nitrogens is 1. The first-order chi connectivity index (χ1) is 14.0. The van der Waals surface area contributed by atoms with Gasteiger partial charge in [0.15, 0.2) is 5.01 Å². The van der Waals surface area contributed by atoms with Crippen LogP contribution in [0.2, 0.25) is 5.02 Å². The van der Waals surface area contributed by atoms with E-state index in [1.54, 1.807) is 35.7 Å². The summed E-state index contributed by atoms with van der Waals surface area (Å²) in [6.07, 6.45) is 0. The van der Waals surface area contributed by atoms with Gasteiger partial charge in [0.25, 0.3) is 5.91 Å². The first-order valence-corrected chi connectivity index (χ1v) is 10.4. The molecule has 2 aromatic heterocycles. The number of nitrogens with zero attached hydrogens (tertiary/aromatic N) is 1. The van der Waals surface area contributed by atoms with Crippen LogP contribution in [0.1, 0.15) is 20.2 Å². The van der Waals surface area contributed by atoms with Crippen LogP contribution in [-0.4, -0.2) is 29.1 Å². The number of carboxylic acids is 1. The lowest BCUT2D eigenvalue weighted by atomic mass is 10.0. The highest BCUT2D eigenvalue weighted by molar-refractivity contribution is 7.20. The minimum Gasteiger partial charge on any atom is -0.494 e. The number of methoxy groups -OCH3 is 1. The van der Waals surface area contributed by atoms with Gasteiger partial charge >= 0.3 is 5.97 Å². The number of rotatable bonds is 5. The zero-order valence-electron chi connectivity index (χ0n) is 14.9. The van der Waals surface area contributed by atoms with Crippen LogP contribution in [-0.2, 0) is 0 Å². The second-order valence-corrected chi connectivity index (χ2v) is 8.29. The number of hydrogen-bond acceptors (Lipinski definition) is 6. The zero-order valence-corrected chi connectivity index (χ0v) is 17.3. The van der Waals surface area contributed by atoms with E-state index >= 15 is 0 Å². The number of amides is 1. The zero-order chi connectivity index (χ0) is 20.5. The number of nitrogens with one attached hydrogen (secondary N) is 1. The van der Waals surface area contributed by atoms with Gasteiger partial charge in [-0.15, -0.1) is 22.7 Å². The molecule has 0 bridgehead atoms. The average Bonchev–Trinajstić information content (AvgIpc) is 3.32. The molecule has 0 saturated heterocycles. The van der Waals surface area contributed by atoms with Gasteiger partial charge in [0.1, 0.15) is 21.8 Å². The summed E-state index contributed by atoms with van der Waals surface area (Å²) in [5, 5.41) is 15.1. The highest BCUT2D eigenvalue weighted by Crippen LogP contribution is 2.37. The number of para-hydroxylation sites is 1. The van der Waals surface area contributed by atoms with Crippen molar-refractivity contribution in [2.45, 2.75) is 0 Å². The third-order valence-electron chi connectivity index (χ3n) is 4.18. The van der Waals surface area contributed by atoms with Gasteiger partial charge < -0.3 is 15.2 Å². The van der Waals surface area contributed by atoms with Crippen molar-refractivity contribution < 1.29 is 19.4 Å². The molecule has 146 valence electrons. The number of carbonyl (C=O) groups excluding carboxylic acids is 1. The second kappa shape index (κ2) is 7.82. The van der Waals surface area contributed by atoms with E-state index in [1.807, 2.05) is 12.1 Å². The van der Waals surface area contributed by atoms with Crippen molar-refractivity contribution in [3.63, 3.8) is 0 Å². The number of benzene rings is 2. The topological polar surface area (TPSA) is 88.5 Å². The summed E-state index contributed by atoms with van der Waals surface area (Å²) < 4.78 is 6.08. The number of thiophene rings is 1. The molecule has 29 heavy (non-hydrogen) atoms. The fourth-order valence-electron chi connectivity index (χ4n) is 2.85. The van der Waals surface area contributed by atoms with Crippen LogP contribution in [0.15, 0.2) is 47.8 Å². The van der Waals surface area contributed by atoms with Crippen molar-refractivity contribution in [2.75, 3.05) is 12.4 Å². The molecule has 0 aliphatic rings. The highest BCUT2D eigenvalue weighted by atomic mass is 35.5. The van der Waals surface area contributed by atoms with E-state index in [-0.39, 0.29) is 15.6 Å². The van der Waals surface area contributed by atoms with Crippen LogP contribution in [0.5, 0.6) is 5.75 Å². The SMILES string of the molecule is COc1cccc2sc(C(=O)Nc3scc(-c4ccc(Cl)cc4)c3C(=O)O)nc12. The molecule has 6 nitrogen and oxygen atoms in total. The number of ether oxygens (including phenoxy) is 1. The molecule has 0 saturated carbocycles. The molecule has 2 N–H and O–H groups in total. The van der Waals surface area contributed by atoms with Crippen LogP contribution >= 0.6 is 34.3 Å². The van der Waals surface area contributed by atoms with Crippen molar-refractivity contribution >= 4 is 61.4 Å². The number of anilines is 1. The molecule has 0 fully saturated rings. The van der Waals surface area contributed by atoms with E-state index in [1.165, 1.54) is 18.4 Å². The van der Waals surface area contributed by atoms with Crippen molar-refractivity contribution in [3.8, 4) is 16.9 Å². The maximum Gasteiger partial charge on any atom is 0.339 e. The Balaban J connectivity index is 1.68. The van der Waals surface area contributed by atoms with Crippen LogP contribution < -0.4 is 10.1 Å². The molecular formula is C20H13ClN2O4S2. The Hall–Kier alpha value is -2.94. The largest absolute Gasteiger partial charge is 0.494 e. The predicted molar refractivity (Wildman–Crippen MR) is 116 cm³/mol. The summed E-state index contributed by atoms with van der Waals surface area (Å²) >= 11 is 8.27. The van der Waals surface area contributed by atoms with Gasteiger partial charge in [-0.05, 0) is 29.8 Å². The van der Waals surface area contributed by atoms with E-state index in [0.29, 0.717) is 27.4 Å². The molecule has 0 aliphatic carbocycles. The molecule has 4 rings (SSSR count). The van der Waals surface area contributed by atoms with E-state index in [4.69, 9.17) is 16.3 Å². The predicted octanol–water partition coefficient (Wildman–Crippen LogP) is 5.64. The number of thiazole rings is 1. The Morgan fingerprint density at radius 1 is 1.17 bits per heavy atom. The monoisotopic (exact) mass is 444 g/mol. The molecule has 0 radical (unpaired) electrons. The summed E-state index contributed by atoms with van der Waals surface area (Å²) in [6, 6.07) is 12.3. The van der Waals surface area contributed by atoms with Crippen LogP contribution in [0.4, 0.5) is 5.00 Å². The summed E-state index contributed by atoms with van der Waals surface area (Å²) in [7, 11) is 1.54. The number of carboxylic acid groups (broad SMARTS) is 1. The number of carbonyl (C=O) groups is 2. The summed E-state index contributed by atoms with van der Waals surface area (Å²) in [5.74, 6) is -1.03. The van der Waals surface area contributed by atoms with Crippen molar-refractivity contribution in [1.29, 1.82) is 0 Å². The van der Waals surface area contributed by atoms with Crippen LogP contribution in [0, 0.1) is 0 Å². The number of hydrogen-bond donors (Lipinski definition) is 2. The van der Waals surface area contributed by atoms with E-state index in [9.17, 15) is 14.7 Å². The first-order valence-electron chi connectivity index (χ1n) is 8.33. The Bertz CT molecular complexity index is 1230. The van der Waals surface area contributed by atoms with E-state index < -0.39 is 11.9 Å². The maximum absolute atomic E-state index is 12.7. The number of fused-ring (bicyclic) bond motifs is 1. The highest BCUT2D eigenvalue weighted by Gasteiger charge is 2.23. The number of halogens is 1. The lowest BCUT2D eigenvalue weighted by Gasteiger charge is -2.05. The van der Waals surface area contributed by atoms with Crippen LogP contribution in [0.25, 0.3) is 21.3 Å². The number of aromatic carboxylic acids is 1. The third-order valence-corrected chi connectivity index (χ3v) is 6.35. The molecular weight excluding hydrogens is 432 g/mol. The van der Waals surface area contributed by atoms with Crippen LogP contribution in [0.3, 0.4) is 0 Å². The van der Waals surface area contributed by atoms with Crippen molar-refractivity contribution in [2.24, 2.45) is 0 Å². The fourth-order valence-corrected chi connectivity index (χ4v) is 4.81. The summed E-state index contributed by atoms with van der Waals surface area (Å²) in [4.78, 5) is 29.0. The quantitative estimate of drug-likeness (QED) is 0.416. The van der Waals surface area contributed by atoms with Gasteiger partial charge in [-0.3, -0.25) is 4.79 Å².